The number of carbonyl (C=O) groups is 2. The maximum Gasteiger partial charge on any atom is 0.295 e. The molecule has 0 radical (unpaired) electrons. The van der Waals surface area contributed by atoms with E-state index in [1.807, 2.05) is 49.3 Å². The van der Waals surface area contributed by atoms with Crippen molar-refractivity contribution in [3.8, 4) is 0 Å². The number of aliphatic hydroxyl groups is 1. The number of likely N-dealkylation sites (tertiary alicyclic amines) is 1. The molecule has 6 heteroatoms. The van der Waals surface area contributed by atoms with Gasteiger partial charge in [-0.25, -0.2) is 4.39 Å². The van der Waals surface area contributed by atoms with E-state index in [1.165, 1.54) is 11.0 Å². The van der Waals surface area contributed by atoms with Crippen LogP contribution in [0.3, 0.4) is 0 Å². The summed E-state index contributed by atoms with van der Waals surface area (Å²) in [6, 6.07) is 17.9. The summed E-state index contributed by atoms with van der Waals surface area (Å²) in [6.07, 6.45) is 0.610. The number of hydrogen-bond donors (Lipinski definition) is 1. The van der Waals surface area contributed by atoms with Crippen molar-refractivity contribution in [2.75, 3.05) is 27.2 Å². The average molecular weight is 432 g/mol. The second kappa shape index (κ2) is 8.93. The van der Waals surface area contributed by atoms with Crippen LogP contribution in [0.5, 0.6) is 0 Å². The molecule has 0 saturated carbocycles. The normalized spacial score (nSPS) is 18.1. The number of benzene rings is 3. The molecular weight excluding hydrogens is 407 g/mol. The van der Waals surface area contributed by atoms with Crippen LogP contribution in [0.2, 0.25) is 0 Å². The SMILES string of the molecule is CN(C)CCCN1C(=O)C(=O)/C(=C(/O)c2cccc3ccccc23)C1c1ccccc1F. The first-order valence-electron chi connectivity index (χ1n) is 10.6. The molecule has 0 aromatic heterocycles. The van der Waals surface area contributed by atoms with Gasteiger partial charge in [0, 0.05) is 17.7 Å². The second-order valence-corrected chi connectivity index (χ2v) is 8.20. The summed E-state index contributed by atoms with van der Waals surface area (Å²) in [5.41, 5.74) is 0.551. The van der Waals surface area contributed by atoms with Gasteiger partial charge in [0.2, 0.25) is 0 Å². The molecule has 1 N–H and O–H groups in total. The lowest BCUT2D eigenvalue weighted by molar-refractivity contribution is -0.140. The van der Waals surface area contributed by atoms with Crippen LogP contribution in [0.1, 0.15) is 23.6 Å². The van der Waals surface area contributed by atoms with Gasteiger partial charge in [0.25, 0.3) is 11.7 Å². The molecular formula is C26H25FN2O3. The quantitative estimate of drug-likeness (QED) is 0.357. The number of nitrogens with zero attached hydrogens (tertiary/aromatic N) is 2. The van der Waals surface area contributed by atoms with Crippen LogP contribution in [0, 0.1) is 5.82 Å². The Morgan fingerprint density at radius 1 is 1.00 bits per heavy atom. The van der Waals surface area contributed by atoms with Gasteiger partial charge >= 0.3 is 0 Å². The van der Waals surface area contributed by atoms with Crippen molar-refractivity contribution in [1.82, 2.24) is 9.80 Å². The lowest BCUT2D eigenvalue weighted by Crippen LogP contribution is -2.32. The van der Waals surface area contributed by atoms with Crippen LogP contribution in [0.15, 0.2) is 72.3 Å². The molecule has 1 aliphatic heterocycles. The molecule has 1 aliphatic rings. The fourth-order valence-electron chi connectivity index (χ4n) is 4.27. The fraction of sp³-hybridized carbons (Fsp3) is 0.231. The van der Waals surface area contributed by atoms with Gasteiger partial charge in [-0.05, 0) is 43.9 Å². The molecule has 1 unspecified atom stereocenters. The van der Waals surface area contributed by atoms with Gasteiger partial charge in [-0.2, -0.15) is 0 Å². The lowest BCUT2D eigenvalue weighted by Gasteiger charge is -2.26. The molecule has 32 heavy (non-hydrogen) atoms. The predicted molar refractivity (Wildman–Crippen MR) is 123 cm³/mol. The Morgan fingerprint density at radius 3 is 2.44 bits per heavy atom. The average Bonchev–Trinajstić information content (AvgIpc) is 3.03. The number of halogens is 1. The Hall–Kier alpha value is -3.51. The highest BCUT2D eigenvalue weighted by molar-refractivity contribution is 6.46. The first-order valence-corrected chi connectivity index (χ1v) is 10.6. The number of ketones is 1. The van der Waals surface area contributed by atoms with Gasteiger partial charge in [-0.15, -0.1) is 0 Å². The van der Waals surface area contributed by atoms with Crippen LogP contribution >= 0.6 is 0 Å². The molecule has 3 aromatic carbocycles. The van der Waals surface area contributed by atoms with Crippen molar-refractivity contribution in [3.63, 3.8) is 0 Å². The molecule has 1 amide bonds. The minimum atomic E-state index is -0.989. The zero-order valence-corrected chi connectivity index (χ0v) is 18.1. The third kappa shape index (κ3) is 3.89. The topological polar surface area (TPSA) is 60.9 Å². The van der Waals surface area contributed by atoms with Gasteiger partial charge in [0.05, 0.1) is 11.6 Å². The Balaban J connectivity index is 1.89. The van der Waals surface area contributed by atoms with Crippen LogP contribution in [-0.4, -0.2) is 53.8 Å². The lowest BCUT2D eigenvalue weighted by atomic mass is 9.93. The van der Waals surface area contributed by atoms with E-state index in [1.54, 1.807) is 30.3 Å². The number of Topliss-reactive ketones (excluding diaryl/α,β-unsaturated/α-hetero) is 1. The molecule has 1 fully saturated rings. The summed E-state index contributed by atoms with van der Waals surface area (Å²) in [4.78, 5) is 29.5. The Morgan fingerprint density at radius 2 is 1.69 bits per heavy atom. The molecule has 0 spiro atoms. The largest absolute Gasteiger partial charge is 0.507 e. The highest BCUT2D eigenvalue weighted by Crippen LogP contribution is 2.41. The van der Waals surface area contributed by atoms with Crippen molar-refractivity contribution >= 4 is 28.2 Å². The van der Waals surface area contributed by atoms with E-state index in [4.69, 9.17) is 0 Å². The zero-order chi connectivity index (χ0) is 22.8. The number of fused-ring (bicyclic) bond motifs is 1. The number of aliphatic hydroxyl groups excluding tert-OH is 1. The maximum absolute atomic E-state index is 14.8. The highest BCUT2D eigenvalue weighted by Gasteiger charge is 2.46. The van der Waals surface area contributed by atoms with Crippen molar-refractivity contribution in [1.29, 1.82) is 0 Å². The predicted octanol–water partition coefficient (Wildman–Crippen LogP) is 4.35. The molecule has 164 valence electrons. The van der Waals surface area contributed by atoms with Gasteiger partial charge in [0.15, 0.2) is 0 Å². The first kappa shape index (κ1) is 21.7. The van der Waals surface area contributed by atoms with E-state index in [2.05, 4.69) is 0 Å². The number of rotatable bonds is 6. The van der Waals surface area contributed by atoms with Crippen molar-refractivity contribution < 1.29 is 19.1 Å². The second-order valence-electron chi connectivity index (χ2n) is 8.20. The van der Waals surface area contributed by atoms with Crippen LogP contribution in [-0.2, 0) is 9.59 Å². The number of amides is 1. The summed E-state index contributed by atoms with van der Waals surface area (Å²) < 4.78 is 14.8. The smallest absolute Gasteiger partial charge is 0.295 e. The molecule has 1 saturated heterocycles. The Kier molecular flexibility index (Phi) is 6.06. The molecule has 0 aliphatic carbocycles. The Bertz CT molecular complexity index is 1210. The van der Waals surface area contributed by atoms with Gasteiger partial charge in [-0.3, -0.25) is 9.59 Å². The summed E-state index contributed by atoms with van der Waals surface area (Å²) in [7, 11) is 3.84. The monoisotopic (exact) mass is 432 g/mol. The summed E-state index contributed by atoms with van der Waals surface area (Å²) in [5.74, 6) is -2.34. The third-order valence-electron chi connectivity index (χ3n) is 5.79. The molecule has 1 atom stereocenters. The zero-order valence-electron chi connectivity index (χ0n) is 18.1. The van der Waals surface area contributed by atoms with Crippen LogP contribution in [0.25, 0.3) is 16.5 Å². The highest BCUT2D eigenvalue weighted by atomic mass is 19.1. The van der Waals surface area contributed by atoms with E-state index < -0.39 is 23.5 Å². The van der Waals surface area contributed by atoms with Gasteiger partial charge in [0.1, 0.15) is 11.6 Å². The summed E-state index contributed by atoms with van der Waals surface area (Å²) >= 11 is 0. The van der Waals surface area contributed by atoms with E-state index in [-0.39, 0.29) is 23.4 Å². The van der Waals surface area contributed by atoms with Crippen molar-refractivity contribution in [3.05, 3.63) is 89.2 Å². The summed E-state index contributed by atoms with van der Waals surface area (Å²) in [5, 5.41) is 12.9. The van der Waals surface area contributed by atoms with E-state index >= 15 is 0 Å². The van der Waals surface area contributed by atoms with Crippen LogP contribution < -0.4 is 0 Å². The van der Waals surface area contributed by atoms with Crippen molar-refractivity contribution in [2.45, 2.75) is 12.5 Å². The van der Waals surface area contributed by atoms with E-state index in [9.17, 15) is 19.1 Å². The summed E-state index contributed by atoms with van der Waals surface area (Å²) in [6.45, 7) is 0.977. The fourth-order valence-corrected chi connectivity index (χ4v) is 4.27. The third-order valence-corrected chi connectivity index (χ3v) is 5.79. The standard InChI is InChI=1S/C26H25FN2O3/c1-28(2)15-8-16-29-23(20-12-5-6-14-21(20)27)22(25(31)26(29)32)24(30)19-13-7-10-17-9-3-4-11-18(17)19/h3-7,9-14,23,30H,8,15-16H2,1-2H3/b24-22+. The van der Waals surface area contributed by atoms with Gasteiger partial charge in [-0.1, -0.05) is 60.7 Å². The minimum Gasteiger partial charge on any atom is -0.507 e. The molecule has 4 rings (SSSR count). The molecule has 0 bridgehead atoms. The molecule has 1 heterocycles. The molecule has 5 nitrogen and oxygen atoms in total. The van der Waals surface area contributed by atoms with E-state index in [0.29, 0.717) is 18.5 Å². The van der Waals surface area contributed by atoms with E-state index in [0.717, 1.165) is 10.8 Å². The number of hydrogen-bond acceptors (Lipinski definition) is 4. The van der Waals surface area contributed by atoms with Gasteiger partial charge < -0.3 is 14.9 Å². The molecule has 3 aromatic rings. The Labute approximate surface area is 186 Å². The minimum absolute atomic E-state index is 0.0821. The first-order chi connectivity index (χ1) is 15.4. The number of carbonyl (C=O) groups excluding carboxylic acids is 2. The van der Waals surface area contributed by atoms with Crippen LogP contribution in [0.4, 0.5) is 4.39 Å². The maximum atomic E-state index is 14.8. The van der Waals surface area contributed by atoms with Crippen molar-refractivity contribution in [2.24, 2.45) is 0 Å².